The minimum Gasteiger partial charge on any atom is -0.297 e. The van der Waals surface area contributed by atoms with Crippen LogP contribution in [0.15, 0.2) is 41.3 Å². The molecule has 1 aliphatic carbocycles. The Bertz CT molecular complexity index is 706. The molecule has 5 heteroatoms. The van der Waals surface area contributed by atoms with Gasteiger partial charge >= 0.3 is 0 Å². The van der Waals surface area contributed by atoms with Crippen LogP contribution >= 0.6 is 0 Å². The van der Waals surface area contributed by atoms with Gasteiger partial charge in [0.2, 0.25) is 10.0 Å². The van der Waals surface area contributed by atoms with E-state index in [2.05, 4.69) is 24.0 Å². The first kappa shape index (κ1) is 17.6. The zero-order chi connectivity index (χ0) is 17.3. The average molecular weight is 349 g/mol. The molecule has 0 radical (unpaired) electrons. The lowest BCUT2D eigenvalue weighted by atomic mass is 9.97. The molecule has 3 rings (SSSR count). The van der Waals surface area contributed by atoms with Crippen molar-refractivity contribution >= 4 is 10.0 Å². The second-order valence-corrected chi connectivity index (χ2v) is 9.31. The second kappa shape index (κ2) is 6.98. The number of rotatable bonds is 4. The van der Waals surface area contributed by atoms with Gasteiger partial charge < -0.3 is 0 Å². The highest BCUT2D eigenvalue weighted by molar-refractivity contribution is 7.89. The van der Waals surface area contributed by atoms with Crippen LogP contribution < -0.4 is 0 Å². The number of piperidine rings is 1. The van der Waals surface area contributed by atoms with Gasteiger partial charge in [0.15, 0.2) is 0 Å². The predicted octanol–water partition coefficient (Wildman–Crippen LogP) is 3.04. The molecule has 24 heavy (non-hydrogen) atoms. The van der Waals surface area contributed by atoms with Crippen molar-refractivity contribution in [2.45, 2.75) is 50.1 Å². The molecule has 1 saturated heterocycles. The molecule has 132 valence electrons. The highest BCUT2D eigenvalue weighted by Crippen LogP contribution is 2.28. The maximum Gasteiger partial charge on any atom is 0.243 e. The number of nitrogens with zero attached hydrogens (tertiary/aromatic N) is 2. The highest BCUT2D eigenvalue weighted by Gasteiger charge is 2.33. The van der Waals surface area contributed by atoms with Gasteiger partial charge in [0, 0.05) is 19.1 Å². The van der Waals surface area contributed by atoms with Crippen molar-refractivity contribution in [3.05, 3.63) is 42.0 Å². The molecule has 1 fully saturated rings. The first-order valence-electron chi connectivity index (χ1n) is 8.85. The fourth-order valence-corrected chi connectivity index (χ4v) is 5.11. The number of hydrogen-bond acceptors (Lipinski definition) is 3. The van der Waals surface area contributed by atoms with Gasteiger partial charge in [-0.25, -0.2) is 8.42 Å². The van der Waals surface area contributed by atoms with Crippen LogP contribution in [0.25, 0.3) is 0 Å². The van der Waals surface area contributed by atoms with Crippen LogP contribution in [0.5, 0.6) is 0 Å². The van der Waals surface area contributed by atoms with Crippen LogP contribution in [0.2, 0.25) is 0 Å². The van der Waals surface area contributed by atoms with Crippen molar-refractivity contribution in [1.29, 1.82) is 0 Å². The van der Waals surface area contributed by atoms with Crippen molar-refractivity contribution < 1.29 is 8.42 Å². The van der Waals surface area contributed by atoms with Crippen molar-refractivity contribution in [1.82, 2.24) is 9.21 Å². The zero-order valence-corrected chi connectivity index (χ0v) is 15.7. The Morgan fingerprint density at radius 2 is 1.88 bits per heavy atom. The molecule has 4 nitrogen and oxygen atoms in total. The molecule has 0 amide bonds. The van der Waals surface area contributed by atoms with E-state index in [4.69, 9.17) is 0 Å². The van der Waals surface area contributed by atoms with Crippen molar-refractivity contribution in [2.24, 2.45) is 5.92 Å². The van der Waals surface area contributed by atoms with Gasteiger partial charge in [0.25, 0.3) is 0 Å². The van der Waals surface area contributed by atoms with Gasteiger partial charge in [-0.2, -0.15) is 4.31 Å². The third kappa shape index (κ3) is 3.58. The number of hydrogen-bond donors (Lipinski definition) is 0. The number of likely N-dealkylation sites (N-methyl/N-ethyl adjacent to an activating group) is 1. The van der Waals surface area contributed by atoms with Gasteiger partial charge in [0.1, 0.15) is 0 Å². The van der Waals surface area contributed by atoms with Gasteiger partial charge in [-0.3, -0.25) is 4.90 Å². The Hall–Kier alpha value is -1.17. The van der Waals surface area contributed by atoms with Crippen LogP contribution in [0.1, 0.15) is 31.7 Å². The highest BCUT2D eigenvalue weighted by atomic mass is 32.2. The minimum atomic E-state index is -3.44. The monoisotopic (exact) mass is 348 g/mol. The number of benzene rings is 1. The predicted molar refractivity (Wildman–Crippen MR) is 97.4 cm³/mol. The Kier molecular flexibility index (Phi) is 5.13. The summed E-state index contributed by atoms with van der Waals surface area (Å²) < 4.78 is 27.3. The third-order valence-electron chi connectivity index (χ3n) is 5.46. The maximum atomic E-state index is 12.9. The molecular formula is C19H28N2O2S. The SMILES string of the molecule is Cc1cccc(S(=O)(=O)N(C)[C@@H]2C=C[C@H](N3CCC(C)CC3)C2)c1. The van der Waals surface area contributed by atoms with E-state index in [1.165, 1.54) is 17.1 Å². The smallest absolute Gasteiger partial charge is 0.243 e. The molecule has 0 saturated carbocycles. The summed E-state index contributed by atoms with van der Waals surface area (Å²) in [5.74, 6) is 0.812. The van der Waals surface area contributed by atoms with Crippen molar-refractivity contribution in [3.8, 4) is 0 Å². The van der Waals surface area contributed by atoms with Crippen molar-refractivity contribution in [2.75, 3.05) is 20.1 Å². The minimum absolute atomic E-state index is 0.0557. The van der Waals surface area contributed by atoms with Crippen LogP contribution in [0.4, 0.5) is 0 Å². The van der Waals surface area contributed by atoms with E-state index in [0.717, 1.165) is 31.0 Å². The van der Waals surface area contributed by atoms with Crippen LogP contribution in [0, 0.1) is 12.8 Å². The van der Waals surface area contributed by atoms with E-state index < -0.39 is 10.0 Å². The number of aryl methyl sites for hydroxylation is 1. The second-order valence-electron chi connectivity index (χ2n) is 7.31. The Balaban J connectivity index is 1.68. The van der Waals surface area contributed by atoms with E-state index in [-0.39, 0.29) is 6.04 Å². The summed E-state index contributed by atoms with van der Waals surface area (Å²) in [4.78, 5) is 2.89. The van der Waals surface area contributed by atoms with Crippen LogP contribution in [0.3, 0.4) is 0 Å². The Morgan fingerprint density at radius 3 is 2.54 bits per heavy atom. The molecule has 0 unspecified atom stereocenters. The molecule has 0 bridgehead atoms. The molecule has 2 aliphatic rings. The van der Waals surface area contributed by atoms with Gasteiger partial charge in [-0.1, -0.05) is 31.2 Å². The van der Waals surface area contributed by atoms with E-state index in [1.54, 1.807) is 25.2 Å². The quantitative estimate of drug-likeness (QED) is 0.785. The van der Waals surface area contributed by atoms with Crippen LogP contribution in [-0.2, 0) is 10.0 Å². The number of likely N-dealkylation sites (tertiary alicyclic amines) is 1. The lowest BCUT2D eigenvalue weighted by Gasteiger charge is -2.35. The van der Waals surface area contributed by atoms with Crippen LogP contribution in [-0.4, -0.2) is 49.8 Å². The fraction of sp³-hybridized carbons (Fsp3) is 0.579. The summed E-state index contributed by atoms with van der Waals surface area (Å²) in [5, 5.41) is 0. The molecular weight excluding hydrogens is 320 g/mol. The third-order valence-corrected chi connectivity index (χ3v) is 7.34. The van der Waals surface area contributed by atoms with Gasteiger partial charge in [-0.05, 0) is 62.9 Å². The fourth-order valence-electron chi connectivity index (χ4n) is 3.68. The lowest BCUT2D eigenvalue weighted by Crippen LogP contribution is -2.42. The normalized spacial score (nSPS) is 26.3. The zero-order valence-electron chi connectivity index (χ0n) is 14.9. The van der Waals surface area contributed by atoms with E-state index in [9.17, 15) is 8.42 Å². The molecule has 0 spiro atoms. The molecule has 1 aromatic carbocycles. The van der Waals surface area contributed by atoms with Gasteiger partial charge in [-0.15, -0.1) is 0 Å². The molecule has 1 aliphatic heterocycles. The van der Waals surface area contributed by atoms with Gasteiger partial charge in [0.05, 0.1) is 4.90 Å². The molecule has 0 aromatic heterocycles. The van der Waals surface area contributed by atoms with Crippen molar-refractivity contribution in [3.63, 3.8) is 0 Å². The summed E-state index contributed by atoms with van der Waals surface area (Å²) in [6, 6.07) is 7.47. The first-order chi connectivity index (χ1) is 11.4. The number of sulfonamides is 1. The summed E-state index contributed by atoms with van der Waals surface area (Å²) in [5.41, 5.74) is 0.965. The first-order valence-corrected chi connectivity index (χ1v) is 10.3. The average Bonchev–Trinajstić information content (AvgIpc) is 3.04. The molecule has 1 heterocycles. The summed E-state index contributed by atoms with van der Waals surface area (Å²) in [6.45, 7) is 6.48. The Labute approximate surface area is 146 Å². The molecule has 0 N–H and O–H groups in total. The summed E-state index contributed by atoms with van der Waals surface area (Å²) in [7, 11) is -1.74. The van der Waals surface area contributed by atoms with E-state index in [1.807, 2.05) is 13.0 Å². The van der Waals surface area contributed by atoms with E-state index >= 15 is 0 Å². The topological polar surface area (TPSA) is 40.6 Å². The molecule has 1 aromatic rings. The summed E-state index contributed by atoms with van der Waals surface area (Å²) >= 11 is 0. The largest absolute Gasteiger partial charge is 0.297 e. The standard InChI is InChI=1S/C19H28N2O2S/c1-15-9-11-21(12-10-15)18-8-7-17(14-18)20(3)24(22,23)19-6-4-5-16(2)13-19/h4-8,13,15,17-18H,9-12,14H2,1-3H3/t17-,18+/m1/s1. The summed E-state index contributed by atoms with van der Waals surface area (Å²) in [6.07, 6.45) is 7.60. The lowest BCUT2D eigenvalue weighted by molar-refractivity contribution is 0.153. The molecule has 2 atom stereocenters. The maximum absolute atomic E-state index is 12.9. The van der Waals surface area contributed by atoms with E-state index in [0.29, 0.717) is 10.9 Å². The Morgan fingerprint density at radius 1 is 1.17 bits per heavy atom.